The average Bonchev–Trinajstić information content (AvgIpc) is 3.37. The summed E-state index contributed by atoms with van der Waals surface area (Å²) in [5, 5.41) is 12.2. The number of carbonyl (C=O) groups excluding carboxylic acids is 1. The molecule has 5 atom stereocenters. The Morgan fingerprint density at radius 1 is 1.30 bits per heavy atom. The lowest BCUT2D eigenvalue weighted by atomic mass is 9.48. The summed E-state index contributed by atoms with van der Waals surface area (Å²) in [5.74, 6) is 0.904. The summed E-state index contributed by atoms with van der Waals surface area (Å²) in [4.78, 5) is 14.6. The standard InChI is InChI=1S/C21H27N3O3/c22-14-5-6-21(26)15-9-12-3-4-13(19(23)25)17-16(12)20(21,18(14)27-17)7-8-24(15)10-11-1-2-11/h3-4,11,14-15,18,26H,1-2,5-10,22H2,(H2,23,25)/t14-,15-,18?,20+,21-/m1/s1. The highest BCUT2D eigenvalue weighted by molar-refractivity contribution is 5.97. The van der Waals surface area contributed by atoms with Crippen LogP contribution in [0.3, 0.4) is 0 Å². The number of rotatable bonds is 3. The molecule has 1 saturated heterocycles. The van der Waals surface area contributed by atoms with Crippen LogP contribution in [0.2, 0.25) is 0 Å². The van der Waals surface area contributed by atoms with E-state index in [1.807, 2.05) is 6.07 Å². The number of piperidine rings is 1. The van der Waals surface area contributed by atoms with Crippen molar-refractivity contribution in [3.05, 3.63) is 28.8 Å². The van der Waals surface area contributed by atoms with Crippen LogP contribution in [0.25, 0.3) is 0 Å². The number of nitrogens with two attached hydrogens (primary N) is 2. The van der Waals surface area contributed by atoms with Crippen LogP contribution in [0.1, 0.15) is 53.6 Å². The van der Waals surface area contributed by atoms with Gasteiger partial charge in [-0.3, -0.25) is 9.69 Å². The number of amides is 1. The fraction of sp³-hybridized carbons (Fsp3) is 0.667. The number of likely N-dealkylation sites (tertiary alicyclic amines) is 1. The van der Waals surface area contributed by atoms with Gasteiger partial charge in [0.2, 0.25) is 0 Å². The van der Waals surface area contributed by atoms with Gasteiger partial charge in [0.1, 0.15) is 11.9 Å². The Hall–Kier alpha value is -1.63. The van der Waals surface area contributed by atoms with E-state index in [4.69, 9.17) is 16.2 Å². The number of aliphatic hydroxyl groups is 1. The van der Waals surface area contributed by atoms with E-state index >= 15 is 0 Å². The van der Waals surface area contributed by atoms with Crippen molar-refractivity contribution in [1.29, 1.82) is 0 Å². The van der Waals surface area contributed by atoms with E-state index < -0.39 is 16.9 Å². The van der Waals surface area contributed by atoms with E-state index in [0.29, 0.717) is 17.7 Å². The highest BCUT2D eigenvalue weighted by Gasteiger charge is 2.72. The Morgan fingerprint density at radius 2 is 2.11 bits per heavy atom. The first kappa shape index (κ1) is 16.3. The van der Waals surface area contributed by atoms with Crippen molar-refractivity contribution in [2.75, 3.05) is 13.1 Å². The fourth-order valence-electron chi connectivity index (χ4n) is 6.73. The maximum Gasteiger partial charge on any atom is 0.252 e. The number of hydrogen-bond acceptors (Lipinski definition) is 5. The van der Waals surface area contributed by atoms with E-state index in [2.05, 4.69) is 4.90 Å². The van der Waals surface area contributed by atoms with E-state index in [0.717, 1.165) is 43.8 Å². The largest absolute Gasteiger partial charge is 0.487 e. The summed E-state index contributed by atoms with van der Waals surface area (Å²) in [6.07, 6.45) is 5.41. The first-order chi connectivity index (χ1) is 13.0. The molecule has 1 aromatic rings. The summed E-state index contributed by atoms with van der Waals surface area (Å²) < 4.78 is 6.37. The average molecular weight is 369 g/mol. The minimum absolute atomic E-state index is 0.100. The number of ether oxygens (including phenoxy) is 1. The molecule has 144 valence electrons. The summed E-state index contributed by atoms with van der Waals surface area (Å²) >= 11 is 0. The quantitative estimate of drug-likeness (QED) is 0.727. The molecule has 1 amide bonds. The molecule has 6 rings (SSSR count). The Bertz CT molecular complexity index is 853. The van der Waals surface area contributed by atoms with Crippen LogP contribution in [-0.4, -0.2) is 52.8 Å². The van der Waals surface area contributed by atoms with Crippen LogP contribution >= 0.6 is 0 Å². The molecule has 2 heterocycles. The lowest BCUT2D eigenvalue weighted by Gasteiger charge is -2.64. The van der Waals surface area contributed by atoms with Gasteiger partial charge in [-0.2, -0.15) is 0 Å². The molecule has 27 heavy (non-hydrogen) atoms. The SMILES string of the molecule is NC(=O)c1ccc2c3c1OC1[C@H](N)CC[C@@]4(O)[C@@H](C2)N(CC2CC2)CC[C@]314. The molecule has 3 fully saturated rings. The van der Waals surface area contributed by atoms with Crippen molar-refractivity contribution in [3.63, 3.8) is 0 Å². The zero-order valence-corrected chi connectivity index (χ0v) is 15.5. The van der Waals surface area contributed by atoms with Gasteiger partial charge in [-0.15, -0.1) is 0 Å². The molecule has 2 saturated carbocycles. The summed E-state index contributed by atoms with van der Waals surface area (Å²) in [6.45, 7) is 2.04. The van der Waals surface area contributed by atoms with Gasteiger partial charge in [-0.05, 0) is 62.6 Å². The molecule has 5 aliphatic rings. The summed E-state index contributed by atoms with van der Waals surface area (Å²) in [5.41, 5.74) is 13.4. The number of carbonyl (C=O) groups is 1. The second-order valence-electron chi connectivity index (χ2n) is 9.39. The van der Waals surface area contributed by atoms with Crippen LogP contribution in [0.4, 0.5) is 0 Å². The second kappa shape index (κ2) is 5.04. The normalized spacial score (nSPS) is 41.8. The number of nitrogens with zero attached hydrogens (tertiary/aromatic N) is 1. The Balaban J connectivity index is 1.57. The smallest absolute Gasteiger partial charge is 0.252 e. The van der Waals surface area contributed by atoms with Crippen LogP contribution < -0.4 is 16.2 Å². The van der Waals surface area contributed by atoms with E-state index in [9.17, 15) is 9.90 Å². The van der Waals surface area contributed by atoms with E-state index in [1.165, 1.54) is 18.4 Å². The van der Waals surface area contributed by atoms with Gasteiger partial charge in [-0.1, -0.05) is 6.07 Å². The van der Waals surface area contributed by atoms with Gasteiger partial charge in [0.05, 0.1) is 16.6 Å². The predicted molar refractivity (Wildman–Crippen MR) is 99.6 cm³/mol. The molecule has 1 spiro atoms. The molecule has 6 nitrogen and oxygen atoms in total. The highest BCUT2D eigenvalue weighted by Crippen LogP contribution is 2.64. The maximum absolute atomic E-state index is 12.2. The molecule has 2 aliphatic heterocycles. The third kappa shape index (κ3) is 1.84. The van der Waals surface area contributed by atoms with Gasteiger partial charge in [0.15, 0.2) is 0 Å². The molecule has 1 aromatic carbocycles. The van der Waals surface area contributed by atoms with Crippen molar-refractivity contribution in [3.8, 4) is 5.75 Å². The van der Waals surface area contributed by atoms with E-state index in [1.54, 1.807) is 6.07 Å². The van der Waals surface area contributed by atoms with E-state index in [-0.39, 0.29) is 18.2 Å². The molecular formula is C21H27N3O3. The third-order valence-corrected chi connectivity index (χ3v) is 8.09. The zero-order valence-electron chi connectivity index (χ0n) is 15.5. The molecule has 1 unspecified atom stereocenters. The van der Waals surface area contributed by atoms with Crippen molar-refractivity contribution < 1.29 is 14.6 Å². The van der Waals surface area contributed by atoms with Crippen molar-refractivity contribution >= 4 is 5.91 Å². The van der Waals surface area contributed by atoms with Crippen molar-refractivity contribution in [1.82, 2.24) is 4.90 Å². The van der Waals surface area contributed by atoms with Gasteiger partial charge < -0.3 is 21.3 Å². The Morgan fingerprint density at radius 3 is 2.85 bits per heavy atom. The van der Waals surface area contributed by atoms with Gasteiger partial charge in [0.25, 0.3) is 5.91 Å². The van der Waals surface area contributed by atoms with Crippen LogP contribution in [-0.2, 0) is 11.8 Å². The van der Waals surface area contributed by atoms with Gasteiger partial charge in [0, 0.05) is 24.2 Å². The van der Waals surface area contributed by atoms with Crippen LogP contribution in [0.15, 0.2) is 12.1 Å². The monoisotopic (exact) mass is 369 g/mol. The highest BCUT2D eigenvalue weighted by atomic mass is 16.5. The Labute approximate surface area is 158 Å². The fourth-order valence-corrected chi connectivity index (χ4v) is 6.73. The third-order valence-electron chi connectivity index (χ3n) is 8.09. The summed E-state index contributed by atoms with van der Waals surface area (Å²) in [7, 11) is 0. The molecule has 6 heteroatoms. The van der Waals surface area contributed by atoms with Crippen LogP contribution in [0.5, 0.6) is 5.75 Å². The minimum Gasteiger partial charge on any atom is -0.487 e. The first-order valence-corrected chi connectivity index (χ1v) is 10.3. The molecule has 2 bridgehead atoms. The van der Waals surface area contributed by atoms with Gasteiger partial charge in [-0.25, -0.2) is 0 Å². The number of benzene rings is 1. The molecule has 0 aromatic heterocycles. The van der Waals surface area contributed by atoms with Crippen molar-refractivity contribution in [2.45, 2.75) is 67.7 Å². The zero-order chi connectivity index (χ0) is 18.6. The second-order valence-corrected chi connectivity index (χ2v) is 9.39. The van der Waals surface area contributed by atoms with Crippen molar-refractivity contribution in [2.24, 2.45) is 17.4 Å². The molecule has 0 radical (unpaired) electrons. The lowest BCUT2D eigenvalue weighted by molar-refractivity contribution is -0.189. The van der Waals surface area contributed by atoms with Crippen LogP contribution in [0, 0.1) is 5.92 Å². The first-order valence-electron chi connectivity index (χ1n) is 10.3. The molecule has 5 N–H and O–H groups in total. The minimum atomic E-state index is -0.852. The maximum atomic E-state index is 12.2. The summed E-state index contributed by atoms with van der Waals surface area (Å²) in [6, 6.07) is 3.78. The number of hydrogen-bond donors (Lipinski definition) is 3. The Kier molecular flexibility index (Phi) is 3.05. The van der Waals surface area contributed by atoms with Gasteiger partial charge >= 0.3 is 0 Å². The molecular weight excluding hydrogens is 342 g/mol. The number of primary amides is 1. The lowest BCUT2D eigenvalue weighted by Crippen LogP contribution is -2.77. The molecule has 3 aliphatic carbocycles. The predicted octanol–water partition coefficient (Wildman–Crippen LogP) is 0.677. The topological polar surface area (TPSA) is 102 Å².